The minimum absolute atomic E-state index is 0.206. The van der Waals surface area contributed by atoms with Crippen molar-refractivity contribution in [2.45, 2.75) is 6.54 Å². The van der Waals surface area contributed by atoms with Crippen LogP contribution in [0.5, 0.6) is 0 Å². The highest BCUT2D eigenvalue weighted by molar-refractivity contribution is 7.07. The van der Waals surface area contributed by atoms with Crippen LogP contribution in [0.4, 0.5) is 0 Å². The number of carbonyl (C=O) groups is 1. The number of thiazole rings is 1. The molecule has 23 heavy (non-hydrogen) atoms. The van der Waals surface area contributed by atoms with Crippen molar-refractivity contribution < 1.29 is 4.79 Å². The lowest BCUT2D eigenvalue weighted by Gasteiger charge is -2.06. The number of carbonyl (C=O) groups excluding carboxylic acids is 1. The van der Waals surface area contributed by atoms with E-state index in [1.807, 2.05) is 22.2 Å². The molecule has 1 aromatic carbocycles. The molecule has 0 radical (unpaired) electrons. The Bertz CT molecular complexity index is 905. The van der Waals surface area contributed by atoms with Crippen molar-refractivity contribution in [2.75, 3.05) is 0 Å². The Labute approximate surface area is 145 Å². The van der Waals surface area contributed by atoms with Crippen molar-refractivity contribution in [3.05, 3.63) is 74.5 Å². The van der Waals surface area contributed by atoms with Crippen LogP contribution in [-0.4, -0.2) is 20.4 Å². The molecule has 0 aliphatic heterocycles. The zero-order valence-corrected chi connectivity index (χ0v) is 14.0. The number of rotatable bonds is 3. The summed E-state index contributed by atoms with van der Waals surface area (Å²) in [5.41, 5.74) is 1.10. The summed E-state index contributed by atoms with van der Waals surface area (Å²) >= 11 is 13.5. The quantitative estimate of drug-likeness (QED) is 0.715. The van der Waals surface area contributed by atoms with Gasteiger partial charge in [-0.25, -0.2) is 4.98 Å². The van der Waals surface area contributed by atoms with Crippen molar-refractivity contribution >= 4 is 40.4 Å². The Morgan fingerprint density at radius 3 is 2.91 bits per heavy atom. The normalized spacial score (nSPS) is 11.7. The van der Waals surface area contributed by atoms with Gasteiger partial charge in [-0.1, -0.05) is 29.3 Å². The summed E-state index contributed by atoms with van der Waals surface area (Å²) in [4.78, 5) is 24.6. The van der Waals surface area contributed by atoms with Crippen molar-refractivity contribution in [3.63, 3.8) is 0 Å². The molecule has 0 atom stereocenters. The van der Waals surface area contributed by atoms with E-state index >= 15 is 0 Å². The second kappa shape index (κ2) is 7.04. The topological polar surface area (TPSA) is 60.1 Å². The molecule has 0 aliphatic rings. The van der Waals surface area contributed by atoms with Crippen LogP contribution >= 0.6 is 34.5 Å². The molecule has 0 saturated carbocycles. The fourth-order valence-electron chi connectivity index (χ4n) is 1.89. The van der Waals surface area contributed by atoms with E-state index in [0.29, 0.717) is 21.4 Å². The van der Waals surface area contributed by atoms with Crippen LogP contribution in [0.2, 0.25) is 10.0 Å². The molecule has 2 heterocycles. The van der Waals surface area contributed by atoms with Gasteiger partial charge < -0.3 is 4.57 Å². The van der Waals surface area contributed by atoms with Gasteiger partial charge in [-0.15, -0.1) is 11.3 Å². The predicted octanol–water partition coefficient (Wildman–Crippen LogP) is 3.44. The molecule has 0 fully saturated rings. The fraction of sp³-hybridized carbons (Fsp3) is 0.0667. The first kappa shape index (κ1) is 15.9. The molecule has 0 bridgehead atoms. The molecule has 8 heteroatoms. The third-order valence-electron chi connectivity index (χ3n) is 3.00. The monoisotopic (exact) mass is 364 g/mol. The van der Waals surface area contributed by atoms with E-state index in [-0.39, 0.29) is 5.69 Å². The maximum atomic E-state index is 12.1. The highest BCUT2D eigenvalue weighted by Gasteiger charge is 2.08. The van der Waals surface area contributed by atoms with E-state index in [1.165, 1.54) is 29.9 Å². The summed E-state index contributed by atoms with van der Waals surface area (Å²) in [6.45, 7) is 0.492. The zero-order chi connectivity index (χ0) is 16.2. The van der Waals surface area contributed by atoms with Gasteiger partial charge in [0.2, 0.25) is 0 Å². The molecule has 1 amide bonds. The number of hydrogen-bond acceptors (Lipinski definition) is 4. The van der Waals surface area contributed by atoms with E-state index in [9.17, 15) is 4.79 Å². The maximum Gasteiger partial charge on any atom is 0.299 e. The molecule has 5 nitrogen and oxygen atoms in total. The number of hydrogen-bond donors (Lipinski definition) is 0. The second-order valence-corrected chi connectivity index (χ2v) is 6.27. The van der Waals surface area contributed by atoms with E-state index in [1.54, 1.807) is 12.1 Å². The Hall–Kier alpha value is -2.02. The lowest BCUT2D eigenvalue weighted by Crippen LogP contribution is -2.17. The van der Waals surface area contributed by atoms with Gasteiger partial charge >= 0.3 is 0 Å². The highest BCUT2D eigenvalue weighted by atomic mass is 35.5. The summed E-state index contributed by atoms with van der Waals surface area (Å²) in [6.07, 6.45) is 6.20. The molecule has 3 aromatic rings. The second-order valence-electron chi connectivity index (χ2n) is 4.56. The highest BCUT2D eigenvalue weighted by Crippen LogP contribution is 2.21. The Morgan fingerprint density at radius 2 is 2.17 bits per heavy atom. The number of benzene rings is 1. The first-order chi connectivity index (χ1) is 11.1. The number of amides is 1. The van der Waals surface area contributed by atoms with Gasteiger partial charge in [-0.2, -0.15) is 4.99 Å². The predicted molar refractivity (Wildman–Crippen MR) is 89.8 cm³/mol. The van der Waals surface area contributed by atoms with Crippen molar-refractivity contribution in [3.8, 4) is 0 Å². The molecular formula is C15H10Cl2N4OS. The van der Waals surface area contributed by atoms with E-state index in [4.69, 9.17) is 23.2 Å². The molecule has 0 saturated heterocycles. The maximum absolute atomic E-state index is 12.1. The van der Waals surface area contributed by atoms with Crippen molar-refractivity contribution in [1.29, 1.82) is 0 Å². The lowest BCUT2D eigenvalue weighted by atomic mass is 10.2. The van der Waals surface area contributed by atoms with Gasteiger partial charge in [0, 0.05) is 34.0 Å². The molecule has 116 valence electrons. The van der Waals surface area contributed by atoms with Crippen LogP contribution < -0.4 is 4.80 Å². The van der Waals surface area contributed by atoms with Gasteiger partial charge in [-0.05, 0) is 17.7 Å². The van der Waals surface area contributed by atoms with E-state index in [0.717, 1.165) is 5.56 Å². The number of halogens is 2. The summed E-state index contributed by atoms with van der Waals surface area (Å²) in [5.74, 6) is -0.434. The minimum atomic E-state index is -0.434. The third kappa shape index (κ3) is 3.85. The van der Waals surface area contributed by atoms with Gasteiger partial charge in [0.15, 0.2) is 4.80 Å². The zero-order valence-electron chi connectivity index (χ0n) is 11.7. The molecule has 3 rings (SSSR count). The number of nitrogens with zero attached hydrogens (tertiary/aromatic N) is 4. The first-order valence-corrected chi connectivity index (χ1v) is 8.20. The molecule has 0 unspecified atom stereocenters. The SMILES string of the molecule is O=C(N=c1sccn1Cc1ccc(Cl)cc1Cl)c1cnccn1. The van der Waals surface area contributed by atoms with Crippen LogP contribution in [0, 0.1) is 0 Å². The van der Waals surface area contributed by atoms with Crippen LogP contribution in [0.15, 0.2) is 53.4 Å². The van der Waals surface area contributed by atoms with Gasteiger partial charge in [0.05, 0.1) is 12.7 Å². The summed E-state index contributed by atoms with van der Waals surface area (Å²) < 4.78 is 1.84. The first-order valence-electron chi connectivity index (χ1n) is 6.56. The van der Waals surface area contributed by atoms with Crippen LogP contribution in [0.1, 0.15) is 16.1 Å². The van der Waals surface area contributed by atoms with E-state index < -0.39 is 5.91 Å². The van der Waals surface area contributed by atoms with Crippen LogP contribution in [-0.2, 0) is 6.54 Å². The van der Waals surface area contributed by atoms with Gasteiger partial charge in [0.1, 0.15) is 5.69 Å². The van der Waals surface area contributed by atoms with Gasteiger partial charge in [0.25, 0.3) is 5.91 Å². The van der Waals surface area contributed by atoms with Crippen LogP contribution in [0.25, 0.3) is 0 Å². The Balaban J connectivity index is 1.90. The molecule has 0 N–H and O–H groups in total. The van der Waals surface area contributed by atoms with Crippen molar-refractivity contribution in [1.82, 2.24) is 14.5 Å². The molecular weight excluding hydrogens is 355 g/mol. The summed E-state index contributed by atoms with van der Waals surface area (Å²) in [6, 6.07) is 5.31. The lowest BCUT2D eigenvalue weighted by molar-refractivity contribution is 0.0992. The Kier molecular flexibility index (Phi) is 4.85. The fourth-order valence-corrected chi connectivity index (χ4v) is 3.09. The number of aromatic nitrogens is 3. The average Bonchev–Trinajstić information content (AvgIpc) is 2.98. The molecule has 2 aromatic heterocycles. The largest absolute Gasteiger partial charge is 0.319 e. The summed E-state index contributed by atoms with van der Waals surface area (Å²) in [5, 5.41) is 3.01. The van der Waals surface area contributed by atoms with E-state index in [2.05, 4.69) is 15.0 Å². The van der Waals surface area contributed by atoms with Crippen LogP contribution in [0.3, 0.4) is 0 Å². The van der Waals surface area contributed by atoms with Crippen molar-refractivity contribution in [2.24, 2.45) is 4.99 Å². The third-order valence-corrected chi connectivity index (χ3v) is 4.38. The van der Waals surface area contributed by atoms with Gasteiger partial charge in [-0.3, -0.25) is 9.78 Å². The Morgan fingerprint density at radius 1 is 1.30 bits per heavy atom. The molecule has 0 aliphatic carbocycles. The summed E-state index contributed by atoms with van der Waals surface area (Å²) in [7, 11) is 0. The average molecular weight is 365 g/mol. The smallest absolute Gasteiger partial charge is 0.299 e. The minimum Gasteiger partial charge on any atom is -0.319 e. The standard InChI is InChI=1S/C15H10Cl2N4OS/c16-11-2-1-10(12(17)7-11)9-21-5-6-23-15(21)20-14(22)13-8-18-3-4-19-13/h1-8H,9H2. The molecule has 0 spiro atoms.